The van der Waals surface area contributed by atoms with Crippen molar-refractivity contribution in [2.45, 2.75) is 52.1 Å². The number of hydrogen-bond donors (Lipinski definition) is 1. The lowest BCUT2D eigenvalue weighted by atomic mass is 10.0. The molecule has 31 heavy (non-hydrogen) atoms. The van der Waals surface area contributed by atoms with Gasteiger partial charge in [0, 0.05) is 5.70 Å². The third kappa shape index (κ3) is 7.61. The predicted molar refractivity (Wildman–Crippen MR) is 107 cm³/mol. The van der Waals surface area contributed by atoms with E-state index < -0.39 is 29.6 Å². The van der Waals surface area contributed by atoms with Crippen molar-refractivity contribution in [1.82, 2.24) is 5.32 Å². The molecule has 1 N–H and O–H groups in total. The molecule has 2 rings (SSSR count). The van der Waals surface area contributed by atoms with Crippen LogP contribution in [0, 0.1) is 0 Å². The Labute approximate surface area is 177 Å². The van der Waals surface area contributed by atoms with Gasteiger partial charge in [-0.1, -0.05) is 35.9 Å². The Morgan fingerprint density at radius 1 is 0.903 bits per heavy atom. The van der Waals surface area contributed by atoms with Crippen LogP contribution in [0.25, 0.3) is 0 Å². The normalized spacial score (nSPS) is 14.2. The quantitative estimate of drug-likeness (QED) is 0.341. The summed E-state index contributed by atoms with van der Waals surface area (Å²) in [6, 6.07) is 11.4. The lowest BCUT2D eigenvalue weighted by Crippen LogP contribution is -2.19. The van der Waals surface area contributed by atoms with Gasteiger partial charge in [0.2, 0.25) is 0 Å². The van der Waals surface area contributed by atoms with Gasteiger partial charge >= 0.3 is 12.4 Å². The first kappa shape index (κ1) is 24.8. The van der Waals surface area contributed by atoms with E-state index in [0.717, 1.165) is 24.1 Å². The molecule has 0 unspecified atom stereocenters. The number of benzene rings is 2. The van der Waals surface area contributed by atoms with Gasteiger partial charge in [-0.2, -0.15) is 26.3 Å². The summed E-state index contributed by atoms with van der Waals surface area (Å²) in [6.45, 7) is 5.17. The number of ether oxygens (including phenoxy) is 1. The summed E-state index contributed by atoms with van der Waals surface area (Å²) >= 11 is 0. The first-order valence-corrected chi connectivity index (χ1v) is 9.73. The maximum absolute atomic E-state index is 13.0. The van der Waals surface area contributed by atoms with E-state index in [1.165, 1.54) is 12.5 Å². The SMILES string of the molecule is C/C(CCc1ccccc1)=C(\C)NCO[C@H](C)c1cc(C(F)(F)F)cc(C(F)(F)F)c1. The van der Waals surface area contributed by atoms with Crippen molar-refractivity contribution in [1.29, 1.82) is 0 Å². The van der Waals surface area contributed by atoms with Gasteiger partial charge in [-0.25, -0.2) is 0 Å². The van der Waals surface area contributed by atoms with Gasteiger partial charge in [0.1, 0.15) is 6.73 Å². The van der Waals surface area contributed by atoms with Crippen molar-refractivity contribution >= 4 is 0 Å². The second-order valence-corrected chi connectivity index (χ2v) is 7.36. The highest BCUT2D eigenvalue weighted by Gasteiger charge is 2.37. The maximum atomic E-state index is 13.0. The Kier molecular flexibility index (Phi) is 8.17. The van der Waals surface area contributed by atoms with Gasteiger partial charge in [-0.05, 0) is 62.9 Å². The van der Waals surface area contributed by atoms with Crippen molar-refractivity contribution < 1.29 is 31.1 Å². The zero-order valence-electron chi connectivity index (χ0n) is 17.5. The predicted octanol–water partition coefficient (Wildman–Crippen LogP) is 7.28. The Bertz CT molecular complexity index is 855. The van der Waals surface area contributed by atoms with E-state index in [1.807, 2.05) is 44.2 Å². The monoisotopic (exact) mass is 445 g/mol. The number of alkyl halides is 6. The summed E-state index contributed by atoms with van der Waals surface area (Å²) in [5.74, 6) is 0. The molecule has 0 radical (unpaired) electrons. The molecular weight excluding hydrogens is 420 g/mol. The van der Waals surface area contributed by atoms with Gasteiger partial charge < -0.3 is 10.1 Å². The van der Waals surface area contributed by atoms with Gasteiger partial charge in [-0.3, -0.25) is 0 Å². The minimum absolute atomic E-state index is 0.0483. The highest BCUT2D eigenvalue weighted by molar-refractivity contribution is 5.34. The fourth-order valence-corrected chi connectivity index (χ4v) is 2.90. The van der Waals surface area contributed by atoms with Crippen LogP contribution in [0.5, 0.6) is 0 Å². The van der Waals surface area contributed by atoms with Crippen LogP contribution in [0.4, 0.5) is 26.3 Å². The zero-order valence-corrected chi connectivity index (χ0v) is 17.5. The Hall–Kier alpha value is -2.48. The van der Waals surface area contributed by atoms with Crippen molar-refractivity contribution in [3.05, 3.63) is 82.1 Å². The van der Waals surface area contributed by atoms with E-state index >= 15 is 0 Å². The van der Waals surface area contributed by atoms with E-state index in [4.69, 9.17) is 4.74 Å². The maximum Gasteiger partial charge on any atom is 0.416 e. The van der Waals surface area contributed by atoms with Gasteiger partial charge in [0.15, 0.2) is 0 Å². The zero-order chi connectivity index (χ0) is 23.2. The van der Waals surface area contributed by atoms with Crippen LogP contribution in [0.1, 0.15) is 55.5 Å². The summed E-state index contributed by atoms with van der Waals surface area (Å²) in [5.41, 5.74) is 0.236. The number of hydrogen-bond acceptors (Lipinski definition) is 2. The average molecular weight is 445 g/mol. The van der Waals surface area contributed by atoms with Crippen LogP contribution in [0.2, 0.25) is 0 Å². The molecule has 0 aliphatic heterocycles. The molecule has 0 amide bonds. The molecule has 0 aromatic heterocycles. The number of allylic oxidation sites excluding steroid dienone is 2. The van der Waals surface area contributed by atoms with Crippen molar-refractivity contribution in [2.24, 2.45) is 0 Å². The molecule has 170 valence electrons. The molecule has 0 fully saturated rings. The highest BCUT2D eigenvalue weighted by Crippen LogP contribution is 2.37. The average Bonchev–Trinajstić information content (AvgIpc) is 2.70. The van der Waals surface area contributed by atoms with Gasteiger partial charge in [-0.15, -0.1) is 0 Å². The second-order valence-electron chi connectivity index (χ2n) is 7.36. The second kappa shape index (κ2) is 10.2. The molecule has 0 saturated heterocycles. The fraction of sp³-hybridized carbons (Fsp3) is 0.391. The van der Waals surface area contributed by atoms with Crippen LogP contribution in [0.3, 0.4) is 0 Å². The minimum Gasteiger partial charge on any atom is -0.366 e. The Morgan fingerprint density at radius 2 is 1.45 bits per heavy atom. The molecule has 2 nitrogen and oxygen atoms in total. The highest BCUT2D eigenvalue weighted by atomic mass is 19.4. The van der Waals surface area contributed by atoms with Crippen LogP contribution >= 0.6 is 0 Å². The lowest BCUT2D eigenvalue weighted by molar-refractivity contribution is -0.143. The van der Waals surface area contributed by atoms with Gasteiger partial charge in [0.05, 0.1) is 17.2 Å². The first-order chi connectivity index (χ1) is 14.4. The molecule has 0 bridgehead atoms. The molecule has 0 heterocycles. The van der Waals surface area contributed by atoms with Crippen molar-refractivity contribution in [3.63, 3.8) is 0 Å². The lowest BCUT2D eigenvalue weighted by Gasteiger charge is -2.19. The van der Waals surface area contributed by atoms with E-state index in [-0.39, 0.29) is 18.4 Å². The van der Waals surface area contributed by atoms with E-state index in [1.54, 1.807) is 0 Å². The molecule has 2 aromatic carbocycles. The molecule has 0 saturated carbocycles. The van der Waals surface area contributed by atoms with E-state index in [2.05, 4.69) is 5.32 Å². The Balaban J connectivity index is 2.00. The minimum atomic E-state index is -4.89. The van der Waals surface area contributed by atoms with Crippen LogP contribution in [0.15, 0.2) is 59.8 Å². The number of nitrogens with one attached hydrogen (secondary N) is 1. The first-order valence-electron chi connectivity index (χ1n) is 9.73. The third-order valence-corrected chi connectivity index (χ3v) is 5.02. The fourth-order valence-electron chi connectivity index (χ4n) is 2.90. The smallest absolute Gasteiger partial charge is 0.366 e. The summed E-state index contributed by atoms with van der Waals surface area (Å²) < 4.78 is 83.6. The molecule has 0 aliphatic rings. The van der Waals surface area contributed by atoms with Crippen molar-refractivity contribution in [2.75, 3.05) is 6.73 Å². The van der Waals surface area contributed by atoms with E-state index in [9.17, 15) is 26.3 Å². The molecule has 0 aliphatic carbocycles. The summed E-state index contributed by atoms with van der Waals surface area (Å²) in [7, 11) is 0. The number of aryl methyl sites for hydroxylation is 1. The van der Waals surface area contributed by atoms with Gasteiger partial charge in [0.25, 0.3) is 0 Å². The van der Waals surface area contributed by atoms with Crippen LogP contribution < -0.4 is 5.32 Å². The standard InChI is InChI=1S/C23H25F6NO/c1-15(9-10-18-7-5-4-6-8-18)16(2)30-14-31-17(3)19-11-20(22(24,25)26)13-21(12-19)23(27,28)29/h4-8,11-13,17,30H,9-10,14H2,1-3H3/b16-15-/t17-/m1/s1. The van der Waals surface area contributed by atoms with Crippen molar-refractivity contribution in [3.8, 4) is 0 Å². The molecule has 0 spiro atoms. The van der Waals surface area contributed by atoms with Crippen LogP contribution in [-0.4, -0.2) is 6.73 Å². The third-order valence-electron chi connectivity index (χ3n) is 5.02. The number of rotatable bonds is 8. The molecule has 1 atom stereocenters. The Morgan fingerprint density at radius 3 is 1.97 bits per heavy atom. The molecule has 2 aromatic rings. The molecule has 8 heteroatoms. The topological polar surface area (TPSA) is 21.3 Å². The number of halogens is 6. The summed E-state index contributed by atoms with van der Waals surface area (Å²) in [5, 5.41) is 3.02. The summed E-state index contributed by atoms with van der Waals surface area (Å²) in [4.78, 5) is 0. The molecular formula is C23H25F6NO. The van der Waals surface area contributed by atoms with E-state index in [0.29, 0.717) is 12.1 Å². The summed E-state index contributed by atoms with van der Waals surface area (Å²) in [6.07, 6.45) is -9.07. The van der Waals surface area contributed by atoms with Crippen LogP contribution in [-0.2, 0) is 23.5 Å². The largest absolute Gasteiger partial charge is 0.416 e.